The first kappa shape index (κ1) is 26.3. The number of nitrogens with zero attached hydrogens (tertiary/aromatic N) is 3. The van der Waals surface area contributed by atoms with Gasteiger partial charge in [0.05, 0.1) is 24.8 Å². The van der Waals surface area contributed by atoms with Gasteiger partial charge in [-0.1, -0.05) is 34.4 Å². The Bertz CT molecular complexity index is 1190. The summed E-state index contributed by atoms with van der Waals surface area (Å²) in [6.07, 6.45) is 1.58. The van der Waals surface area contributed by atoms with Crippen molar-refractivity contribution in [1.29, 1.82) is 0 Å². The topological polar surface area (TPSA) is 89.7 Å². The van der Waals surface area contributed by atoms with Crippen molar-refractivity contribution in [3.63, 3.8) is 0 Å². The molecule has 4 rings (SSSR count). The van der Waals surface area contributed by atoms with Gasteiger partial charge in [0.1, 0.15) is 0 Å². The lowest BCUT2D eigenvalue weighted by molar-refractivity contribution is -0.126. The number of aromatic nitrogens is 2. The normalized spacial score (nSPS) is 14.7. The molecule has 192 valence electrons. The first-order chi connectivity index (χ1) is 17.3. The van der Waals surface area contributed by atoms with Crippen LogP contribution < -0.4 is 14.8 Å². The molecule has 1 N–H and O–H groups in total. The summed E-state index contributed by atoms with van der Waals surface area (Å²) >= 11 is 12.2. The number of methoxy groups -OCH3 is 1. The maximum atomic E-state index is 12.8. The van der Waals surface area contributed by atoms with E-state index in [0.29, 0.717) is 51.9 Å². The maximum Gasteiger partial charge on any atom is 0.241 e. The monoisotopic (exact) mass is 532 g/mol. The highest BCUT2D eigenvalue weighted by atomic mass is 35.5. The number of benzene rings is 2. The number of amides is 1. The fourth-order valence-electron chi connectivity index (χ4n) is 4.15. The van der Waals surface area contributed by atoms with Crippen LogP contribution in [0, 0.1) is 5.92 Å². The van der Waals surface area contributed by atoms with Crippen molar-refractivity contribution in [3.05, 3.63) is 57.9 Å². The van der Waals surface area contributed by atoms with Crippen LogP contribution in [0.4, 0.5) is 0 Å². The molecule has 1 aromatic heterocycles. The molecule has 1 aliphatic heterocycles. The molecular formula is C26H30Cl2N4O4. The fourth-order valence-corrected chi connectivity index (χ4v) is 4.64. The van der Waals surface area contributed by atoms with Crippen LogP contribution in [0.2, 0.25) is 10.0 Å². The van der Waals surface area contributed by atoms with E-state index in [1.54, 1.807) is 25.3 Å². The summed E-state index contributed by atoms with van der Waals surface area (Å²) in [6, 6.07) is 10.9. The average Bonchev–Trinajstić information content (AvgIpc) is 3.31. The van der Waals surface area contributed by atoms with Crippen molar-refractivity contribution in [2.45, 2.75) is 45.9 Å². The molecule has 10 heteroatoms. The molecule has 1 fully saturated rings. The Morgan fingerprint density at radius 1 is 1.17 bits per heavy atom. The van der Waals surface area contributed by atoms with E-state index in [-0.39, 0.29) is 17.9 Å². The van der Waals surface area contributed by atoms with E-state index >= 15 is 0 Å². The van der Waals surface area contributed by atoms with Gasteiger partial charge in [0.25, 0.3) is 0 Å². The Morgan fingerprint density at radius 2 is 1.94 bits per heavy atom. The number of nitrogens with one attached hydrogen (secondary N) is 1. The average molecular weight is 533 g/mol. The molecule has 2 heterocycles. The molecule has 0 bridgehead atoms. The summed E-state index contributed by atoms with van der Waals surface area (Å²) in [6.45, 7) is 6.44. The van der Waals surface area contributed by atoms with Gasteiger partial charge in [-0.3, -0.25) is 9.69 Å². The second-order valence-electron chi connectivity index (χ2n) is 9.06. The molecule has 1 saturated heterocycles. The number of hydrogen-bond acceptors (Lipinski definition) is 7. The molecule has 36 heavy (non-hydrogen) atoms. The van der Waals surface area contributed by atoms with Crippen molar-refractivity contribution >= 4 is 29.1 Å². The molecule has 0 radical (unpaired) electrons. The van der Waals surface area contributed by atoms with E-state index in [4.69, 9.17) is 37.2 Å². The largest absolute Gasteiger partial charge is 0.493 e. The Morgan fingerprint density at radius 3 is 2.64 bits per heavy atom. The van der Waals surface area contributed by atoms with Gasteiger partial charge in [-0.05, 0) is 75.7 Å². The third kappa shape index (κ3) is 6.69. The van der Waals surface area contributed by atoms with Crippen molar-refractivity contribution in [1.82, 2.24) is 20.4 Å². The molecule has 0 spiro atoms. The van der Waals surface area contributed by atoms with E-state index in [9.17, 15) is 4.79 Å². The van der Waals surface area contributed by atoms with E-state index in [1.165, 1.54) is 0 Å². The van der Waals surface area contributed by atoms with Gasteiger partial charge in [0.2, 0.25) is 17.6 Å². The molecule has 1 aliphatic rings. The smallest absolute Gasteiger partial charge is 0.241 e. The number of ether oxygens (including phenoxy) is 2. The van der Waals surface area contributed by atoms with Crippen molar-refractivity contribution in [2.24, 2.45) is 5.92 Å². The molecule has 3 aromatic rings. The van der Waals surface area contributed by atoms with Crippen LogP contribution in [0.1, 0.15) is 38.1 Å². The quantitative estimate of drug-likeness (QED) is 0.396. The standard InChI is InChI=1S/C26H30Cl2N4O4/c1-16(2)35-22-7-4-17(12-23(22)34-3)14-29-26(33)18-8-10-32(11-9-18)15-24-30-25(31-36-24)20-6-5-19(27)13-21(20)28/h4-7,12-13,16,18H,8-11,14-15H2,1-3H3,(H,29,33). The second-order valence-corrected chi connectivity index (χ2v) is 9.90. The Balaban J connectivity index is 1.25. The number of halogens is 2. The highest BCUT2D eigenvalue weighted by Gasteiger charge is 2.26. The summed E-state index contributed by atoms with van der Waals surface area (Å²) in [5.74, 6) is 2.33. The number of piperidine rings is 1. The van der Waals surface area contributed by atoms with Crippen LogP contribution in [0.5, 0.6) is 11.5 Å². The predicted octanol–water partition coefficient (Wildman–Crippen LogP) is 5.37. The van der Waals surface area contributed by atoms with Crippen LogP contribution >= 0.6 is 23.2 Å². The third-order valence-electron chi connectivity index (χ3n) is 6.01. The minimum atomic E-state index is -0.0298. The fraction of sp³-hybridized carbons (Fsp3) is 0.423. The lowest BCUT2D eigenvalue weighted by Gasteiger charge is -2.30. The molecule has 8 nitrogen and oxygen atoms in total. The maximum absolute atomic E-state index is 12.8. The number of likely N-dealkylation sites (tertiary alicyclic amines) is 1. The molecule has 1 amide bonds. The van der Waals surface area contributed by atoms with E-state index < -0.39 is 0 Å². The molecule has 0 saturated carbocycles. The highest BCUT2D eigenvalue weighted by Crippen LogP contribution is 2.30. The van der Waals surface area contributed by atoms with Crippen LogP contribution in [0.3, 0.4) is 0 Å². The van der Waals surface area contributed by atoms with Gasteiger partial charge in [0.15, 0.2) is 11.5 Å². The summed E-state index contributed by atoms with van der Waals surface area (Å²) in [7, 11) is 1.61. The van der Waals surface area contributed by atoms with Gasteiger partial charge in [-0.2, -0.15) is 4.98 Å². The van der Waals surface area contributed by atoms with Crippen LogP contribution in [-0.2, 0) is 17.9 Å². The summed E-state index contributed by atoms with van der Waals surface area (Å²) in [5.41, 5.74) is 1.63. The first-order valence-electron chi connectivity index (χ1n) is 11.9. The Kier molecular flexibility index (Phi) is 8.72. The van der Waals surface area contributed by atoms with E-state index in [0.717, 1.165) is 31.5 Å². The van der Waals surface area contributed by atoms with Crippen LogP contribution in [-0.4, -0.2) is 47.3 Å². The number of hydrogen-bond donors (Lipinski definition) is 1. The zero-order chi connectivity index (χ0) is 25.7. The molecule has 0 unspecified atom stereocenters. The SMILES string of the molecule is COc1cc(CNC(=O)C2CCN(Cc3nc(-c4ccc(Cl)cc4Cl)no3)CC2)ccc1OC(C)C. The molecule has 2 aromatic carbocycles. The second kappa shape index (κ2) is 12.0. The summed E-state index contributed by atoms with van der Waals surface area (Å²) in [5, 5.41) is 8.13. The predicted molar refractivity (Wildman–Crippen MR) is 138 cm³/mol. The number of rotatable bonds is 9. The van der Waals surface area contributed by atoms with Gasteiger partial charge in [0, 0.05) is 23.0 Å². The zero-order valence-corrected chi connectivity index (χ0v) is 22.1. The van der Waals surface area contributed by atoms with Gasteiger partial charge >= 0.3 is 0 Å². The van der Waals surface area contributed by atoms with E-state index in [1.807, 2.05) is 32.0 Å². The van der Waals surface area contributed by atoms with Gasteiger partial charge < -0.3 is 19.3 Å². The zero-order valence-electron chi connectivity index (χ0n) is 20.6. The Hall–Kier alpha value is -2.81. The van der Waals surface area contributed by atoms with Gasteiger partial charge in [-0.15, -0.1) is 0 Å². The van der Waals surface area contributed by atoms with Crippen LogP contribution in [0.25, 0.3) is 11.4 Å². The lowest BCUT2D eigenvalue weighted by Crippen LogP contribution is -2.40. The minimum Gasteiger partial charge on any atom is -0.493 e. The number of carbonyl (C=O) groups is 1. The molecule has 0 atom stereocenters. The van der Waals surface area contributed by atoms with Crippen molar-refractivity contribution in [2.75, 3.05) is 20.2 Å². The van der Waals surface area contributed by atoms with Crippen molar-refractivity contribution < 1.29 is 18.8 Å². The molecular weight excluding hydrogens is 503 g/mol. The van der Waals surface area contributed by atoms with Gasteiger partial charge in [-0.25, -0.2) is 0 Å². The van der Waals surface area contributed by atoms with Crippen molar-refractivity contribution in [3.8, 4) is 22.9 Å². The van der Waals surface area contributed by atoms with E-state index in [2.05, 4.69) is 20.4 Å². The molecule has 0 aliphatic carbocycles. The van der Waals surface area contributed by atoms with Crippen LogP contribution in [0.15, 0.2) is 40.9 Å². The summed E-state index contributed by atoms with van der Waals surface area (Å²) < 4.78 is 16.6. The lowest BCUT2D eigenvalue weighted by atomic mass is 9.96. The third-order valence-corrected chi connectivity index (χ3v) is 6.56. The minimum absolute atomic E-state index is 0.0298. The highest BCUT2D eigenvalue weighted by molar-refractivity contribution is 6.36. The summed E-state index contributed by atoms with van der Waals surface area (Å²) in [4.78, 5) is 19.5. The Labute approximate surface area is 220 Å². The first-order valence-corrected chi connectivity index (χ1v) is 12.7. The number of carbonyl (C=O) groups excluding carboxylic acids is 1.